The number of likely N-dealkylation sites (tertiary alicyclic amines) is 1. The molecule has 0 aromatic carbocycles. The van der Waals surface area contributed by atoms with Crippen LogP contribution in [0.5, 0.6) is 0 Å². The molecule has 0 aliphatic carbocycles. The van der Waals surface area contributed by atoms with Crippen molar-refractivity contribution >= 4 is 18.0 Å². The fraction of sp³-hybridized carbons (Fsp3) is 0.800. The average molecular weight is 314 g/mol. The summed E-state index contributed by atoms with van der Waals surface area (Å²) in [7, 11) is 0. The molecule has 0 radical (unpaired) electrons. The van der Waals surface area contributed by atoms with Gasteiger partial charge in [-0.1, -0.05) is 20.3 Å². The largest absolute Gasteiger partial charge is 0.481 e. The summed E-state index contributed by atoms with van der Waals surface area (Å²) in [5.74, 6) is -0.620. The van der Waals surface area contributed by atoms with Crippen molar-refractivity contribution in [3.8, 4) is 0 Å². The molecule has 7 heteroatoms. The molecule has 0 saturated carbocycles. The number of aliphatic carboxylic acids is 1. The Balaban J connectivity index is 2.54. The molecule has 7 nitrogen and oxygen atoms in total. The number of hydrogen-bond donors (Lipinski definition) is 2. The lowest BCUT2D eigenvalue weighted by molar-refractivity contribution is -0.139. The molecule has 0 bridgehead atoms. The number of carboxylic acid groups (broad SMARTS) is 1. The highest BCUT2D eigenvalue weighted by Gasteiger charge is 2.27. The van der Waals surface area contributed by atoms with Crippen LogP contribution >= 0.6 is 0 Å². The summed E-state index contributed by atoms with van der Waals surface area (Å²) in [5, 5.41) is 11.5. The average Bonchev–Trinajstić information content (AvgIpc) is 2.42. The fourth-order valence-corrected chi connectivity index (χ4v) is 2.43. The number of ether oxygens (including phenoxy) is 1. The molecule has 0 aromatic heterocycles. The van der Waals surface area contributed by atoms with E-state index in [1.165, 1.54) is 0 Å². The van der Waals surface area contributed by atoms with Crippen molar-refractivity contribution in [2.75, 3.05) is 19.7 Å². The van der Waals surface area contributed by atoms with Gasteiger partial charge in [0.2, 0.25) is 5.91 Å². The van der Waals surface area contributed by atoms with E-state index in [9.17, 15) is 14.4 Å². The van der Waals surface area contributed by atoms with Gasteiger partial charge < -0.3 is 20.1 Å². The predicted octanol–water partition coefficient (Wildman–Crippen LogP) is 1.61. The number of hydrogen-bond acceptors (Lipinski definition) is 4. The van der Waals surface area contributed by atoms with E-state index in [1.807, 2.05) is 6.92 Å². The summed E-state index contributed by atoms with van der Waals surface area (Å²) in [6, 6.07) is -0.638. The smallest absolute Gasteiger partial charge is 0.407 e. The molecule has 1 unspecified atom stereocenters. The van der Waals surface area contributed by atoms with E-state index in [-0.39, 0.29) is 18.9 Å². The van der Waals surface area contributed by atoms with Crippen LogP contribution in [0.1, 0.15) is 46.0 Å². The molecule has 1 heterocycles. The number of amides is 2. The minimum absolute atomic E-state index is 0.00893. The van der Waals surface area contributed by atoms with Crippen LogP contribution in [0, 0.1) is 5.92 Å². The maximum atomic E-state index is 11.9. The highest BCUT2D eigenvalue weighted by molar-refractivity contribution is 5.77. The molecular formula is C15H26N2O5. The van der Waals surface area contributed by atoms with Crippen molar-refractivity contribution in [1.82, 2.24) is 10.2 Å². The molecule has 1 aliphatic heterocycles. The monoisotopic (exact) mass is 314 g/mol. The Kier molecular flexibility index (Phi) is 7.70. The van der Waals surface area contributed by atoms with Gasteiger partial charge in [-0.3, -0.25) is 9.59 Å². The van der Waals surface area contributed by atoms with E-state index >= 15 is 0 Å². The van der Waals surface area contributed by atoms with E-state index in [0.29, 0.717) is 25.5 Å². The zero-order valence-corrected chi connectivity index (χ0v) is 13.3. The molecule has 2 N–H and O–H groups in total. The van der Waals surface area contributed by atoms with Crippen LogP contribution in [0.3, 0.4) is 0 Å². The van der Waals surface area contributed by atoms with Crippen LogP contribution < -0.4 is 5.32 Å². The zero-order valence-electron chi connectivity index (χ0n) is 13.3. The first-order chi connectivity index (χ1) is 10.4. The van der Waals surface area contributed by atoms with Crippen molar-refractivity contribution in [2.45, 2.75) is 52.0 Å². The molecule has 1 rings (SSSR count). The van der Waals surface area contributed by atoms with Gasteiger partial charge in [0.25, 0.3) is 0 Å². The third-order valence-corrected chi connectivity index (χ3v) is 3.65. The topological polar surface area (TPSA) is 95.9 Å². The lowest BCUT2D eigenvalue weighted by Gasteiger charge is -2.33. The molecule has 126 valence electrons. The Morgan fingerprint density at radius 2 is 2.23 bits per heavy atom. The maximum Gasteiger partial charge on any atom is 0.407 e. The molecule has 1 aliphatic rings. The van der Waals surface area contributed by atoms with Gasteiger partial charge in [0.15, 0.2) is 0 Å². The number of rotatable bonds is 8. The number of nitrogens with one attached hydrogen (secondary N) is 1. The molecular weight excluding hydrogens is 288 g/mol. The van der Waals surface area contributed by atoms with Gasteiger partial charge in [0, 0.05) is 19.5 Å². The number of nitrogens with zero attached hydrogens (tertiary/aromatic N) is 1. The molecule has 0 aromatic rings. The van der Waals surface area contributed by atoms with Crippen LogP contribution in [0.4, 0.5) is 4.79 Å². The maximum absolute atomic E-state index is 11.9. The molecule has 2 atom stereocenters. The Morgan fingerprint density at radius 1 is 1.50 bits per heavy atom. The summed E-state index contributed by atoms with van der Waals surface area (Å²) in [6.07, 6.45) is 2.14. The number of unbranched alkanes of at least 4 members (excludes halogenated alkanes) is 1. The first-order valence-electron chi connectivity index (χ1n) is 7.85. The van der Waals surface area contributed by atoms with Gasteiger partial charge in [0.05, 0.1) is 19.1 Å². The molecule has 1 fully saturated rings. The fourth-order valence-electron chi connectivity index (χ4n) is 2.43. The highest BCUT2D eigenvalue weighted by Crippen LogP contribution is 2.17. The van der Waals surface area contributed by atoms with E-state index in [2.05, 4.69) is 12.2 Å². The molecule has 1 saturated heterocycles. The van der Waals surface area contributed by atoms with Crippen LogP contribution in [0.2, 0.25) is 0 Å². The van der Waals surface area contributed by atoms with Crippen LogP contribution in [0.15, 0.2) is 0 Å². The van der Waals surface area contributed by atoms with Crippen molar-refractivity contribution < 1.29 is 24.2 Å². The molecule has 0 spiro atoms. The van der Waals surface area contributed by atoms with Gasteiger partial charge in [-0.15, -0.1) is 0 Å². The minimum atomic E-state index is -1.02. The van der Waals surface area contributed by atoms with Gasteiger partial charge in [0.1, 0.15) is 0 Å². The van der Waals surface area contributed by atoms with Gasteiger partial charge in [-0.2, -0.15) is 0 Å². The zero-order chi connectivity index (χ0) is 16.5. The van der Waals surface area contributed by atoms with Crippen LogP contribution in [-0.2, 0) is 14.3 Å². The Morgan fingerprint density at radius 3 is 2.86 bits per heavy atom. The molecule has 2 amide bonds. The lowest BCUT2D eigenvalue weighted by Crippen LogP contribution is -2.49. The first kappa shape index (κ1) is 18.3. The second kappa shape index (κ2) is 9.27. The summed E-state index contributed by atoms with van der Waals surface area (Å²) in [5.41, 5.74) is 0. The molecule has 22 heavy (non-hydrogen) atoms. The number of alkyl carbamates (subject to hydrolysis) is 1. The number of piperidine rings is 1. The normalized spacial score (nSPS) is 19.6. The van der Waals surface area contributed by atoms with E-state index in [4.69, 9.17) is 9.84 Å². The van der Waals surface area contributed by atoms with Crippen molar-refractivity contribution in [2.24, 2.45) is 5.92 Å². The van der Waals surface area contributed by atoms with E-state index in [1.54, 1.807) is 4.90 Å². The van der Waals surface area contributed by atoms with Crippen LogP contribution in [0.25, 0.3) is 0 Å². The summed E-state index contributed by atoms with van der Waals surface area (Å²) < 4.78 is 4.99. The Labute approximate surface area is 131 Å². The van der Waals surface area contributed by atoms with E-state index in [0.717, 1.165) is 19.3 Å². The third kappa shape index (κ3) is 6.78. The predicted molar refractivity (Wildman–Crippen MR) is 80.4 cm³/mol. The number of carbonyl (C=O) groups is 3. The van der Waals surface area contributed by atoms with Crippen molar-refractivity contribution in [3.05, 3.63) is 0 Å². The lowest BCUT2D eigenvalue weighted by atomic mass is 9.99. The minimum Gasteiger partial charge on any atom is -0.481 e. The van der Waals surface area contributed by atoms with Crippen LogP contribution in [-0.4, -0.2) is 53.7 Å². The Bertz CT molecular complexity index is 399. The van der Waals surface area contributed by atoms with E-state index < -0.39 is 18.1 Å². The van der Waals surface area contributed by atoms with Crippen molar-refractivity contribution in [1.29, 1.82) is 0 Å². The van der Waals surface area contributed by atoms with Crippen molar-refractivity contribution in [3.63, 3.8) is 0 Å². The third-order valence-electron chi connectivity index (χ3n) is 3.65. The summed E-state index contributed by atoms with van der Waals surface area (Å²) in [6.45, 7) is 5.15. The number of carboxylic acids is 1. The van der Waals surface area contributed by atoms with Gasteiger partial charge in [-0.05, 0) is 18.8 Å². The summed E-state index contributed by atoms with van der Waals surface area (Å²) >= 11 is 0. The first-order valence-corrected chi connectivity index (χ1v) is 7.85. The second-order valence-electron chi connectivity index (χ2n) is 5.87. The number of carbonyl (C=O) groups excluding carboxylic acids is 2. The Hall–Kier alpha value is -1.79. The highest BCUT2D eigenvalue weighted by atomic mass is 16.5. The van der Waals surface area contributed by atoms with Gasteiger partial charge in [-0.25, -0.2) is 4.79 Å². The summed E-state index contributed by atoms with van der Waals surface area (Å²) in [4.78, 5) is 36.1. The quantitative estimate of drug-likeness (QED) is 0.664. The van der Waals surface area contributed by atoms with Gasteiger partial charge >= 0.3 is 12.1 Å². The second-order valence-corrected chi connectivity index (χ2v) is 5.87. The standard InChI is InChI=1S/C15H26N2O5/c1-3-4-7-22-15(21)16-12(8-14(19)20)10-17-9-11(2)5-6-13(17)18/h11-12H,3-10H2,1-2H3,(H,16,21)(H,19,20)/t11-,12?/m1/s1. The SMILES string of the molecule is CCCCOC(=O)NC(CC(=O)O)CN1C[C@H](C)CCC1=O.